The van der Waals surface area contributed by atoms with Gasteiger partial charge in [0, 0.05) is 25.9 Å². The van der Waals surface area contributed by atoms with Crippen molar-refractivity contribution in [2.75, 3.05) is 7.05 Å². The van der Waals surface area contributed by atoms with Crippen molar-refractivity contribution < 1.29 is 4.74 Å². The minimum Gasteiger partial charge on any atom is -0.404 e. The highest BCUT2D eigenvalue weighted by Crippen LogP contribution is 2.15. The van der Waals surface area contributed by atoms with E-state index in [1.165, 1.54) is 0 Å². The van der Waals surface area contributed by atoms with E-state index in [1.807, 2.05) is 19.2 Å². The SMILES string of the molecule is CNCc1ccnc(Oc2ncn(C)n2)c1. The van der Waals surface area contributed by atoms with Gasteiger partial charge in [-0.3, -0.25) is 4.68 Å². The Kier molecular flexibility index (Phi) is 3.11. The molecule has 84 valence electrons. The fourth-order valence-electron chi connectivity index (χ4n) is 1.28. The summed E-state index contributed by atoms with van der Waals surface area (Å²) in [7, 11) is 3.67. The second-order valence-electron chi connectivity index (χ2n) is 3.34. The molecule has 0 amide bonds. The van der Waals surface area contributed by atoms with E-state index in [1.54, 1.807) is 24.3 Å². The van der Waals surface area contributed by atoms with Crippen molar-refractivity contribution in [2.24, 2.45) is 7.05 Å². The van der Waals surface area contributed by atoms with Gasteiger partial charge in [0.1, 0.15) is 6.33 Å². The van der Waals surface area contributed by atoms with E-state index >= 15 is 0 Å². The van der Waals surface area contributed by atoms with Gasteiger partial charge in [-0.15, -0.1) is 5.10 Å². The third-order valence-corrected chi connectivity index (χ3v) is 1.95. The van der Waals surface area contributed by atoms with Gasteiger partial charge < -0.3 is 10.1 Å². The van der Waals surface area contributed by atoms with E-state index in [0.29, 0.717) is 11.9 Å². The van der Waals surface area contributed by atoms with Gasteiger partial charge in [-0.2, -0.15) is 4.98 Å². The first-order valence-electron chi connectivity index (χ1n) is 4.91. The standard InChI is InChI=1S/C10H13N5O/c1-11-6-8-3-4-12-9(5-8)16-10-13-7-15(2)14-10/h3-5,7,11H,6H2,1-2H3. The molecule has 2 aromatic heterocycles. The minimum atomic E-state index is 0.302. The third kappa shape index (κ3) is 2.54. The normalized spacial score (nSPS) is 10.4. The number of nitrogens with one attached hydrogen (secondary N) is 1. The Balaban J connectivity index is 2.12. The van der Waals surface area contributed by atoms with Crippen molar-refractivity contribution in [3.63, 3.8) is 0 Å². The first-order valence-corrected chi connectivity index (χ1v) is 4.91. The topological polar surface area (TPSA) is 64.9 Å². The molecule has 0 aliphatic heterocycles. The van der Waals surface area contributed by atoms with Gasteiger partial charge in [0.25, 0.3) is 0 Å². The molecular formula is C10H13N5O. The molecule has 2 rings (SSSR count). The van der Waals surface area contributed by atoms with E-state index in [9.17, 15) is 0 Å². The molecule has 0 bridgehead atoms. The number of hydrogen-bond donors (Lipinski definition) is 1. The molecule has 16 heavy (non-hydrogen) atoms. The molecule has 1 N–H and O–H groups in total. The van der Waals surface area contributed by atoms with Gasteiger partial charge in [0.05, 0.1) is 0 Å². The molecule has 0 fully saturated rings. The third-order valence-electron chi connectivity index (χ3n) is 1.95. The number of pyridine rings is 1. The maximum atomic E-state index is 5.40. The molecular weight excluding hydrogens is 206 g/mol. The van der Waals surface area contributed by atoms with E-state index < -0.39 is 0 Å². The zero-order valence-electron chi connectivity index (χ0n) is 9.21. The zero-order valence-corrected chi connectivity index (χ0v) is 9.21. The number of hydrogen-bond acceptors (Lipinski definition) is 5. The quantitative estimate of drug-likeness (QED) is 0.820. The van der Waals surface area contributed by atoms with Crippen LogP contribution in [0.5, 0.6) is 11.9 Å². The maximum absolute atomic E-state index is 5.40. The lowest BCUT2D eigenvalue weighted by Crippen LogP contribution is -2.05. The molecule has 0 atom stereocenters. The monoisotopic (exact) mass is 219 g/mol. The smallest absolute Gasteiger partial charge is 0.342 e. The highest BCUT2D eigenvalue weighted by Gasteiger charge is 2.03. The summed E-state index contributed by atoms with van der Waals surface area (Å²) >= 11 is 0. The molecule has 0 aromatic carbocycles. The van der Waals surface area contributed by atoms with Crippen molar-refractivity contribution in [1.82, 2.24) is 25.1 Å². The molecule has 0 spiro atoms. The summed E-state index contributed by atoms with van der Waals surface area (Å²) in [6.45, 7) is 0.772. The lowest BCUT2D eigenvalue weighted by atomic mass is 10.3. The summed E-state index contributed by atoms with van der Waals surface area (Å²) in [4.78, 5) is 8.05. The van der Waals surface area contributed by atoms with Gasteiger partial charge in [-0.05, 0) is 18.7 Å². The van der Waals surface area contributed by atoms with Gasteiger partial charge in [0.2, 0.25) is 5.88 Å². The molecule has 0 unspecified atom stereocenters. The van der Waals surface area contributed by atoms with E-state index in [4.69, 9.17) is 4.74 Å². The first kappa shape index (κ1) is 10.6. The fourth-order valence-corrected chi connectivity index (χ4v) is 1.28. The molecule has 2 aromatic rings. The van der Waals surface area contributed by atoms with Crippen molar-refractivity contribution in [3.05, 3.63) is 30.2 Å². The molecule has 0 radical (unpaired) electrons. The second kappa shape index (κ2) is 4.71. The van der Waals surface area contributed by atoms with Gasteiger partial charge in [0.15, 0.2) is 0 Å². The van der Waals surface area contributed by atoms with Crippen LogP contribution in [0.2, 0.25) is 0 Å². The van der Waals surface area contributed by atoms with Crippen molar-refractivity contribution in [1.29, 1.82) is 0 Å². The Morgan fingerprint density at radius 3 is 3.00 bits per heavy atom. The molecule has 6 nitrogen and oxygen atoms in total. The highest BCUT2D eigenvalue weighted by molar-refractivity contribution is 5.22. The predicted octanol–water partition coefficient (Wildman–Crippen LogP) is 0.722. The largest absolute Gasteiger partial charge is 0.404 e. The molecule has 0 saturated carbocycles. The van der Waals surface area contributed by atoms with Crippen molar-refractivity contribution in [3.8, 4) is 11.9 Å². The Bertz CT molecular complexity index is 468. The summed E-state index contributed by atoms with van der Waals surface area (Å²) in [6, 6.07) is 4.08. The van der Waals surface area contributed by atoms with Crippen molar-refractivity contribution in [2.45, 2.75) is 6.54 Å². The van der Waals surface area contributed by atoms with E-state index in [-0.39, 0.29) is 0 Å². The number of aromatic nitrogens is 4. The molecule has 2 heterocycles. The minimum absolute atomic E-state index is 0.302. The molecule has 0 aliphatic carbocycles. The van der Waals surface area contributed by atoms with Crippen LogP contribution < -0.4 is 10.1 Å². The lowest BCUT2D eigenvalue weighted by Gasteiger charge is -2.02. The molecule has 0 aliphatic rings. The summed E-state index contributed by atoms with van der Waals surface area (Å²) in [5.74, 6) is 0.499. The van der Waals surface area contributed by atoms with Crippen LogP contribution in [0.25, 0.3) is 0 Å². The van der Waals surface area contributed by atoms with Crippen molar-refractivity contribution >= 4 is 0 Å². The lowest BCUT2D eigenvalue weighted by molar-refractivity contribution is 0.422. The zero-order chi connectivity index (χ0) is 11.4. The second-order valence-corrected chi connectivity index (χ2v) is 3.34. The van der Waals surface area contributed by atoms with Crippen LogP contribution in [0, 0.1) is 0 Å². The maximum Gasteiger partial charge on any atom is 0.342 e. The van der Waals surface area contributed by atoms with Gasteiger partial charge >= 0.3 is 6.01 Å². The van der Waals surface area contributed by atoms with Crippen LogP contribution in [0.1, 0.15) is 5.56 Å². The van der Waals surface area contributed by atoms with Crippen LogP contribution in [0.4, 0.5) is 0 Å². The van der Waals surface area contributed by atoms with Crippen LogP contribution in [0.15, 0.2) is 24.7 Å². The number of nitrogens with zero attached hydrogens (tertiary/aromatic N) is 4. The van der Waals surface area contributed by atoms with Crippen LogP contribution in [-0.4, -0.2) is 26.8 Å². The predicted molar refractivity (Wildman–Crippen MR) is 58.1 cm³/mol. The fraction of sp³-hybridized carbons (Fsp3) is 0.300. The summed E-state index contributed by atoms with van der Waals surface area (Å²) in [5, 5.41) is 7.07. The Hall–Kier alpha value is -1.95. The summed E-state index contributed by atoms with van der Waals surface area (Å²) < 4.78 is 6.98. The van der Waals surface area contributed by atoms with Crippen LogP contribution in [0.3, 0.4) is 0 Å². The highest BCUT2D eigenvalue weighted by atomic mass is 16.5. The average Bonchev–Trinajstić information content (AvgIpc) is 2.65. The van der Waals surface area contributed by atoms with Gasteiger partial charge in [-0.1, -0.05) is 0 Å². The summed E-state index contributed by atoms with van der Waals surface area (Å²) in [5.41, 5.74) is 1.10. The Morgan fingerprint density at radius 2 is 2.31 bits per heavy atom. The van der Waals surface area contributed by atoms with Gasteiger partial charge in [-0.25, -0.2) is 4.98 Å². The molecule has 0 saturated heterocycles. The number of aryl methyl sites for hydroxylation is 1. The average molecular weight is 219 g/mol. The first-order chi connectivity index (χ1) is 7.78. The Labute approximate surface area is 93.3 Å². The molecule has 6 heteroatoms. The summed E-state index contributed by atoms with van der Waals surface area (Å²) in [6.07, 6.45) is 3.28. The van der Waals surface area contributed by atoms with Crippen LogP contribution >= 0.6 is 0 Å². The van der Waals surface area contributed by atoms with Crippen LogP contribution in [-0.2, 0) is 13.6 Å². The number of ether oxygens (including phenoxy) is 1. The number of rotatable bonds is 4. The van der Waals surface area contributed by atoms with E-state index in [2.05, 4.69) is 20.4 Å². The van der Waals surface area contributed by atoms with E-state index in [0.717, 1.165) is 12.1 Å². The Morgan fingerprint density at radius 1 is 1.44 bits per heavy atom.